The van der Waals surface area contributed by atoms with E-state index in [9.17, 15) is 9.59 Å². The molecule has 1 fully saturated rings. The van der Waals surface area contributed by atoms with E-state index in [0.717, 1.165) is 24.2 Å². The number of thioether (sulfide) groups is 1. The van der Waals surface area contributed by atoms with Crippen molar-refractivity contribution in [3.8, 4) is 0 Å². The molecule has 2 N–H and O–H groups in total. The molecule has 2 aromatic heterocycles. The Morgan fingerprint density at radius 2 is 2.00 bits per heavy atom. The minimum absolute atomic E-state index is 0.0651. The first-order valence-corrected chi connectivity index (χ1v) is 10.8. The number of hydrogen-bond acceptors (Lipinski definition) is 5. The monoisotopic (exact) mass is 412 g/mol. The minimum Gasteiger partial charge on any atom is -0.311 e. The molecule has 0 bridgehead atoms. The van der Waals surface area contributed by atoms with Crippen molar-refractivity contribution in [3.63, 3.8) is 0 Å². The molecular weight excluding hydrogens is 388 g/mol. The highest BCUT2D eigenvalue weighted by Gasteiger charge is 2.20. The fourth-order valence-electron chi connectivity index (χ4n) is 3.61. The number of H-pyrrole nitrogens is 1. The van der Waals surface area contributed by atoms with Crippen molar-refractivity contribution in [3.05, 3.63) is 58.6 Å². The quantitative estimate of drug-likeness (QED) is 0.554. The summed E-state index contributed by atoms with van der Waals surface area (Å²) in [6, 6.07) is 12.0. The topological polar surface area (TPSA) is 97.6 Å². The Hall–Kier alpha value is -2.81. The molecule has 0 saturated heterocycles. The minimum atomic E-state index is -0.249. The highest BCUT2D eigenvalue weighted by atomic mass is 32.2. The Balaban J connectivity index is 1.31. The highest BCUT2D eigenvalue weighted by Crippen LogP contribution is 2.31. The van der Waals surface area contributed by atoms with E-state index in [1.165, 1.54) is 24.6 Å². The summed E-state index contributed by atoms with van der Waals surface area (Å²) < 4.78 is 3.52. The Bertz CT molecular complexity index is 1000. The second-order valence-corrected chi connectivity index (χ2v) is 8.19. The maximum atomic E-state index is 12.4. The van der Waals surface area contributed by atoms with Crippen LogP contribution in [-0.2, 0) is 11.3 Å². The van der Waals surface area contributed by atoms with Crippen LogP contribution in [0.2, 0.25) is 0 Å². The third-order valence-corrected chi connectivity index (χ3v) is 6.05. The number of hydrogen-bond donors (Lipinski definition) is 2. The van der Waals surface area contributed by atoms with Crippen LogP contribution in [0.5, 0.6) is 0 Å². The zero-order chi connectivity index (χ0) is 20.1. The van der Waals surface area contributed by atoms with Crippen LogP contribution in [0.1, 0.15) is 43.7 Å². The van der Waals surface area contributed by atoms with E-state index >= 15 is 0 Å². The second-order valence-electron chi connectivity index (χ2n) is 7.13. The molecular formula is C20H24N6O2S. The van der Waals surface area contributed by atoms with Crippen molar-refractivity contribution in [2.45, 2.75) is 49.8 Å². The van der Waals surface area contributed by atoms with Gasteiger partial charge in [-0.15, -0.1) is 5.10 Å². The van der Waals surface area contributed by atoms with Gasteiger partial charge in [-0.3, -0.25) is 9.36 Å². The lowest BCUT2D eigenvalue weighted by Crippen LogP contribution is -2.19. The molecule has 0 unspecified atom stereocenters. The van der Waals surface area contributed by atoms with Crippen molar-refractivity contribution in [2.75, 3.05) is 11.1 Å². The van der Waals surface area contributed by atoms with Crippen molar-refractivity contribution in [1.82, 2.24) is 24.5 Å². The number of nitrogens with zero attached hydrogens (tertiary/aromatic N) is 4. The molecule has 0 aliphatic heterocycles. The Morgan fingerprint density at radius 1 is 1.21 bits per heavy atom. The van der Waals surface area contributed by atoms with Crippen LogP contribution in [0.3, 0.4) is 0 Å². The van der Waals surface area contributed by atoms with Gasteiger partial charge in [0.05, 0.1) is 18.8 Å². The van der Waals surface area contributed by atoms with Crippen LogP contribution in [0, 0.1) is 0 Å². The van der Waals surface area contributed by atoms with Crippen molar-refractivity contribution in [1.29, 1.82) is 0 Å². The summed E-state index contributed by atoms with van der Waals surface area (Å²) in [5.74, 6) is 1.22. The summed E-state index contributed by atoms with van der Waals surface area (Å²) in [4.78, 5) is 24.4. The normalized spacial score (nSPS) is 14.3. The first kappa shape index (κ1) is 19.5. The van der Waals surface area contributed by atoms with E-state index in [2.05, 4.69) is 20.6 Å². The van der Waals surface area contributed by atoms with Crippen LogP contribution < -0.4 is 11.0 Å². The number of anilines is 1. The zero-order valence-electron chi connectivity index (χ0n) is 16.1. The standard InChI is InChI=1S/C20H24N6O2S/c27-18(22-17-10-12-21-26(17)16-8-4-5-9-16)11-13-29-20-24-23-19(28)25(20)14-15-6-2-1-3-7-15/h1-3,6-7,10,12,16H,4-5,8-9,11,13-14H2,(H,22,27)(H,23,28). The van der Waals surface area contributed by atoms with Crippen molar-refractivity contribution < 1.29 is 4.79 Å². The summed E-state index contributed by atoms with van der Waals surface area (Å²) in [5, 5.41) is 14.5. The van der Waals surface area contributed by atoms with Gasteiger partial charge in [0.2, 0.25) is 5.91 Å². The van der Waals surface area contributed by atoms with Gasteiger partial charge < -0.3 is 5.32 Å². The largest absolute Gasteiger partial charge is 0.344 e. The van der Waals surface area contributed by atoms with Gasteiger partial charge in [0.15, 0.2) is 5.16 Å². The average molecular weight is 413 g/mol. The van der Waals surface area contributed by atoms with Crippen LogP contribution in [0.4, 0.5) is 5.82 Å². The predicted octanol–water partition coefficient (Wildman–Crippen LogP) is 3.05. The lowest BCUT2D eigenvalue weighted by Gasteiger charge is -2.14. The molecule has 0 spiro atoms. The molecule has 4 rings (SSSR count). The van der Waals surface area contributed by atoms with E-state index < -0.39 is 0 Å². The maximum absolute atomic E-state index is 12.4. The molecule has 0 radical (unpaired) electrons. The number of carbonyl (C=O) groups excluding carboxylic acids is 1. The van der Waals surface area contributed by atoms with E-state index in [-0.39, 0.29) is 11.6 Å². The fourth-order valence-corrected chi connectivity index (χ4v) is 4.50. The van der Waals surface area contributed by atoms with Crippen LogP contribution in [0.15, 0.2) is 52.5 Å². The van der Waals surface area contributed by atoms with Crippen LogP contribution in [0.25, 0.3) is 0 Å². The van der Waals surface area contributed by atoms with E-state index in [4.69, 9.17) is 0 Å². The molecule has 0 atom stereocenters. The molecule has 152 valence electrons. The van der Waals surface area contributed by atoms with Crippen LogP contribution in [-0.4, -0.2) is 36.2 Å². The summed E-state index contributed by atoms with van der Waals surface area (Å²) in [6.07, 6.45) is 6.70. The Kier molecular flexibility index (Phi) is 6.14. The van der Waals surface area contributed by atoms with E-state index in [1.807, 2.05) is 41.1 Å². The maximum Gasteiger partial charge on any atom is 0.344 e. The van der Waals surface area contributed by atoms with Crippen molar-refractivity contribution in [2.24, 2.45) is 0 Å². The van der Waals surface area contributed by atoms with Gasteiger partial charge in [-0.05, 0) is 18.4 Å². The molecule has 1 saturated carbocycles. The zero-order valence-corrected chi connectivity index (χ0v) is 16.9. The lowest BCUT2D eigenvalue weighted by molar-refractivity contribution is -0.115. The van der Waals surface area contributed by atoms with Gasteiger partial charge >= 0.3 is 5.69 Å². The molecule has 8 nitrogen and oxygen atoms in total. The van der Waals surface area contributed by atoms with Gasteiger partial charge in [0.1, 0.15) is 5.82 Å². The summed E-state index contributed by atoms with van der Waals surface area (Å²) in [5.41, 5.74) is 0.775. The van der Waals surface area contributed by atoms with Gasteiger partial charge in [0.25, 0.3) is 0 Å². The molecule has 1 amide bonds. The molecule has 9 heteroatoms. The Labute approximate surface area is 172 Å². The molecule has 1 aliphatic rings. The molecule has 2 heterocycles. The van der Waals surface area contributed by atoms with Gasteiger partial charge in [0, 0.05) is 18.2 Å². The number of carbonyl (C=O) groups is 1. The second kappa shape index (κ2) is 9.13. The highest BCUT2D eigenvalue weighted by molar-refractivity contribution is 7.99. The first-order chi connectivity index (χ1) is 14.2. The SMILES string of the molecule is O=C(CCSc1n[nH]c(=O)n1Cc1ccccc1)Nc1ccnn1C1CCCC1. The number of benzene rings is 1. The molecule has 3 aromatic rings. The van der Waals surface area contributed by atoms with E-state index in [1.54, 1.807) is 10.8 Å². The third-order valence-electron chi connectivity index (χ3n) is 5.08. The lowest BCUT2D eigenvalue weighted by atomic mass is 10.2. The summed E-state index contributed by atoms with van der Waals surface area (Å²) in [7, 11) is 0. The molecule has 1 aliphatic carbocycles. The van der Waals surface area contributed by atoms with Crippen molar-refractivity contribution >= 4 is 23.5 Å². The Morgan fingerprint density at radius 3 is 2.79 bits per heavy atom. The summed E-state index contributed by atoms with van der Waals surface area (Å²) >= 11 is 1.39. The molecule has 29 heavy (non-hydrogen) atoms. The predicted molar refractivity (Wildman–Crippen MR) is 112 cm³/mol. The van der Waals surface area contributed by atoms with Gasteiger partial charge in [-0.25, -0.2) is 14.6 Å². The number of aromatic nitrogens is 5. The van der Waals surface area contributed by atoms with Crippen LogP contribution >= 0.6 is 11.8 Å². The third kappa shape index (κ3) is 4.79. The summed E-state index contributed by atoms with van der Waals surface area (Å²) in [6.45, 7) is 0.450. The van der Waals surface area contributed by atoms with Gasteiger partial charge in [-0.2, -0.15) is 5.10 Å². The first-order valence-electron chi connectivity index (χ1n) is 9.86. The average Bonchev–Trinajstić information content (AvgIpc) is 3.46. The fraction of sp³-hybridized carbons (Fsp3) is 0.400. The van der Waals surface area contributed by atoms with Gasteiger partial charge in [-0.1, -0.05) is 54.9 Å². The molecule has 1 aromatic carbocycles. The van der Waals surface area contributed by atoms with E-state index in [0.29, 0.717) is 29.9 Å². The number of rotatable bonds is 8. The number of aromatic amines is 1. The number of amides is 1. The smallest absolute Gasteiger partial charge is 0.311 e. The number of nitrogens with one attached hydrogen (secondary N) is 2.